The summed E-state index contributed by atoms with van der Waals surface area (Å²) in [5.41, 5.74) is 4.37. The van der Waals surface area contributed by atoms with Crippen LogP contribution in [0.1, 0.15) is 5.69 Å². The molecule has 1 aromatic heterocycles. The van der Waals surface area contributed by atoms with Gasteiger partial charge in [-0.2, -0.15) is 0 Å². The van der Waals surface area contributed by atoms with E-state index >= 15 is 0 Å². The van der Waals surface area contributed by atoms with Crippen LogP contribution in [0.5, 0.6) is 11.5 Å². The SMILES string of the molecule is Cc1ccc(Oc2ccc(NN)cc2)cn1. The van der Waals surface area contributed by atoms with Gasteiger partial charge in [0.25, 0.3) is 0 Å². The highest BCUT2D eigenvalue weighted by Crippen LogP contribution is 2.21. The van der Waals surface area contributed by atoms with Crippen LogP contribution in [-0.4, -0.2) is 4.98 Å². The lowest BCUT2D eigenvalue weighted by molar-refractivity contribution is 0.480. The van der Waals surface area contributed by atoms with E-state index in [1.165, 1.54) is 0 Å². The third kappa shape index (κ3) is 2.49. The lowest BCUT2D eigenvalue weighted by Crippen LogP contribution is -2.05. The molecule has 2 aromatic rings. The van der Waals surface area contributed by atoms with Crippen molar-refractivity contribution in [2.24, 2.45) is 5.84 Å². The average Bonchev–Trinajstić information content (AvgIpc) is 2.33. The summed E-state index contributed by atoms with van der Waals surface area (Å²) in [7, 11) is 0. The average molecular weight is 215 g/mol. The Morgan fingerprint density at radius 1 is 1.06 bits per heavy atom. The summed E-state index contributed by atoms with van der Waals surface area (Å²) in [4.78, 5) is 4.15. The topological polar surface area (TPSA) is 60.2 Å². The van der Waals surface area contributed by atoms with Crippen molar-refractivity contribution < 1.29 is 4.74 Å². The van der Waals surface area contributed by atoms with E-state index in [1.54, 1.807) is 6.20 Å². The molecular weight excluding hydrogens is 202 g/mol. The van der Waals surface area contributed by atoms with Gasteiger partial charge in [-0.3, -0.25) is 10.8 Å². The number of aryl methyl sites for hydroxylation is 1. The molecule has 0 atom stereocenters. The second kappa shape index (κ2) is 4.63. The zero-order valence-electron chi connectivity index (χ0n) is 8.97. The van der Waals surface area contributed by atoms with Crippen molar-refractivity contribution in [3.63, 3.8) is 0 Å². The predicted molar refractivity (Wildman–Crippen MR) is 63.3 cm³/mol. The number of nitrogen functional groups attached to an aromatic ring is 1. The summed E-state index contributed by atoms with van der Waals surface area (Å²) >= 11 is 0. The molecule has 0 aliphatic carbocycles. The number of aromatic nitrogens is 1. The van der Waals surface area contributed by atoms with Crippen molar-refractivity contribution in [3.8, 4) is 11.5 Å². The van der Waals surface area contributed by atoms with E-state index in [1.807, 2.05) is 43.3 Å². The number of nitrogens with one attached hydrogen (secondary N) is 1. The maximum absolute atomic E-state index is 5.60. The van der Waals surface area contributed by atoms with Crippen molar-refractivity contribution >= 4 is 5.69 Å². The van der Waals surface area contributed by atoms with Gasteiger partial charge in [-0.05, 0) is 43.3 Å². The lowest BCUT2D eigenvalue weighted by Gasteiger charge is -2.06. The maximum Gasteiger partial charge on any atom is 0.145 e. The van der Waals surface area contributed by atoms with Gasteiger partial charge in [0.2, 0.25) is 0 Å². The minimum Gasteiger partial charge on any atom is -0.456 e. The number of ether oxygens (including phenoxy) is 1. The zero-order valence-corrected chi connectivity index (χ0v) is 8.97. The van der Waals surface area contributed by atoms with Crippen LogP contribution in [0.25, 0.3) is 0 Å². The minimum absolute atomic E-state index is 0.721. The molecule has 4 nitrogen and oxygen atoms in total. The Morgan fingerprint density at radius 2 is 1.75 bits per heavy atom. The van der Waals surface area contributed by atoms with E-state index in [-0.39, 0.29) is 0 Å². The monoisotopic (exact) mass is 215 g/mol. The standard InChI is InChI=1S/C12H13N3O/c1-9-2-5-12(8-14-9)16-11-6-3-10(15-13)4-7-11/h2-8,15H,13H2,1H3. The first-order valence-corrected chi connectivity index (χ1v) is 4.95. The van der Waals surface area contributed by atoms with Crippen LogP contribution in [0.4, 0.5) is 5.69 Å². The number of anilines is 1. The first-order chi connectivity index (χ1) is 7.78. The molecule has 0 saturated heterocycles. The van der Waals surface area contributed by atoms with E-state index in [2.05, 4.69) is 10.4 Å². The van der Waals surface area contributed by atoms with Crippen molar-refractivity contribution in [3.05, 3.63) is 48.3 Å². The van der Waals surface area contributed by atoms with Crippen LogP contribution in [0, 0.1) is 6.92 Å². The third-order valence-corrected chi connectivity index (χ3v) is 2.14. The number of benzene rings is 1. The highest BCUT2D eigenvalue weighted by atomic mass is 16.5. The van der Waals surface area contributed by atoms with Crippen LogP contribution < -0.4 is 16.0 Å². The molecule has 4 heteroatoms. The van der Waals surface area contributed by atoms with Crippen LogP contribution >= 0.6 is 0 Å². The van der Waals surface area contributed by atoms with E-state index < -0.39 is 0 Å². The van der Waals surface area contributed by atoms with Crippen molar-refractivity contribution in [1.82, 2.24) is 4.98 Å². The van der Waals surface area contributed by atoms with Gasteiger partial charge in [0.1, 0.15) is 11.5 Å². The fourth-order valence-corrected chi connectivity index (χ4v) is 1.27. The number of nitrogens with zero attached hydrogens (tertiary/aromatic N) is 1. The molecule has 1 aromatic carbocycles. The molecule has 0 bridgehead atoms. The third-order valence-electron chi connectivity index (χ3n) is 2.14. The molecule has 1 heterocycles. The summed E-state index contributed by atoms with van der Waals surface area (Å²) in [6, 6.07) is 11.2. The number of hydrazine groups is 1. The van der Waals surface area contributed by atoms with Crippen LogP contribution in [-0.2, 0) is 0 Å². The maximum atomic E-state index is 5.60. The highest BCUT2D eigenvalue weighted by Gasteiger charge is 1.97. The van der Waals surface area contributed by atoms with Gasteiger partial charge in [-0.15, -0.1) is 0 Å². The number of hydrogen-bond acceptors (Lipinski definition) is 4. The minimum atomic E-state index is 0.721. The van der Waals surface area contributed by atoms with Crippen LogP contribution in [0.2, 0.25) is 0 Å². The van der Waals surface area contributed by atoms with E-state index in [9.17, 15) is 0 Å². The molecule has 0 saturated carbocycles. The molecule has 3 N–H and O–H groups in total. The van der Waals surface area contributed by atoms with E-state index in [4.69, 9.17) is 10.6 Å². The Bertz CT molecular complexity index is 451. The Kier molecular flexibility index (Phi) is 3.03. The largest absolute Gasteiger partial charge is 0.456 e. The van der Waals surface area contributed by atoms with Crippen molar-refractivity contribution in [1.29, 1.82) is 0 Å². The molecule has 0 spiro atoms. The number of hydrogen-bond donors (Lipinski definition) is 2. The summed E-state index contributed by atoms with van der Waals surface area (Å²) in [6.07, 6.45) is 1.70. The fraction of sp³-hybridized carbons (Fsp3) is 0.0833. The van der Waals surface area contributed by atoms with Gasteiger partial charge in [-0.1, -0.05) is 0 Å². The molecule has 0 unspecified atom stereocenters. The molecular formula is C12H13N3O. The molecule has 82 valence electrons. The Morgan fingerprint density at radius 3 is 2.31 bits per heavy atom. The van der Waals surface area contributed by atoms with E-state index in [0.717, 1.165) is 22.9 Å². The van der Waals surface area contributed by atoms with Gasteiger partial charge in [0, 0.05) is 11.4 Å². The van der Waals surface area contributed by atoms with Gasteiger partial charge in [0.15, 0.2) is 0 Å². The number of nitrogens with two attached hydrogens (primary N) is 1. The second-order valence-corrected chi connectivity index (χ2v) is 3.41. The molecule has 0 aliphatic heterocycles. The predicted octanol–water partition coefficient (Wildman–Crippen LogP) is 2.47. The number of pyridine rings is 1. The lowest BCUT2D eigenvalue weighted by atomic mass is 10.3. The first kappa shape index (κ1) is 10.4. The smallest absolute Gasteiger partial charge is 0.145 e. The normalized spacial score (nSPS) is 9.88. The number of rotatable bonds is 3. The van der Waals surface area contributed by atoms with Gasteiger partial charge >= 0.3 is 0 Å². The zero-order chi connectivity index (χ0) is 11.4. The highest BCUT2D eigenvalue weighted by molar-refractivity contribution is 5.45. The van der Waals surface area contributed by atoms with Crippen LogP contribution in [0.3, 0.4) is 0 Å². The molecule has 2 rings (SSSR count). The molecule has 16 heavy (non-hydrogen) atoms. The van der Waals surface area contributed by atoms with Gasteiger partial charge in [-0.25, -0.2) is 0 Å². The summed E-state index contributed by atoms with van der Waals surface area (Å²) in [6.45, 7) is 1.94. The molecule has 0 radical (unpaired) electrons. The molecule has 0 amide bonds. The first-order valence-electron chi connectivity index (χ1n) is 4.95. The Hall–Kier alpha value is -2.07. The quantitative estimate of drug-likeness (QED) is 0.610. The Balaban J connectivity index is 2.11. The second-order valence-electron chi connectivity index (χ2n) is 3.41. The van der Waals surface area contributed by atoms with Crippen molar-refractivity contribution in [2.75, 3.05) is 5.43 Å². The van der Waals surface area contributed by atoms with E-state index in [0.29, 0.717) is 0 Å². The fourth-order valence-electron chi connectivity index (χ4n) is 1.27. The van der Waals surface area contributed by atoms with Gasteiger partial charge < -0.3 is 10.2 Å². The van der Waals surface area contributed by atoms with Crippen LogP contribution in [0.15, 0.2) is 42.6 Å². The Labute approximate surface area is 94.0 Å². The molecule has 0 fully saturated rings. The summed E-state index contributed by atoms with van der Waals surface area (Å²) in [5.74, 6) is 6.74. The molecule has 0 aliphatic rings. The summed E-state index contributed by atoms with van der Waals surface area (Å²) < 4.78 is 5.60. The summed E-state index contributed by atoms with van der Waals surface area (Å²) in [5, 5.41) is 0. The van der Waals surface area contributed by atoms with Gasteiger partial charge in [0.05, 0.1) is 6.20 Å². The van der Waals surface area contributed by atoms with Crippen molar-refractivity contribution in [2.45, 2.75) is 6.92 Å².